The summed E-state index contributed by atoms with van der Waals surface area (Å²) in [6, 6.07) is 9.23. The molecule has 0 atom stereocenters. The molecule has 1 amide bonds. The third-order valence-corrected chi connectivity index (χ3v) is 8.21. The summed E-state index contributed by atoms with van der Waals surface area (Å²) >= 11 is 0. The summed E-state index contributed by atoms with van der Waals surface area (Å²) in [5.74, 6) is -1.48. The molecule has 1 fully saturated rings. The lowest BCUT2D eigenvalue weighted by atomic mass is 10.2. The van der Waals surface area contributed by atoms with Crippen LogP contribution in [0.4, 0.5) is 10.1 Å². The van der Waals surface area contributed by atoms with Crippen molar-refractivity contribution in [1.82, 2.24) is 9.03 Å². The summed E-state index contributed by atoms with van der Waals surface area (Å²) in [5.41, 5.74) is 0.695. The number of halogens is 1. The Kier molecular flexibility index (Phi) is 7.97. The van der Waals surface area contributed by atoms with Crippen LogP contribution in [0.5, 0.6) is 0 Å². The summed E-state index contributed by atoms with van der Waals surface area (Å²) in [6.45, 7) is 2.64. The van der Waals surface area contributed by atoms with Crippen molar-refractivity contribution in [3.05, 3.63) is 59.9 Å². The molecule has 1 saturated heterocycles. The van der Waals surface area contributed by atoms with Crippen molar-refractivity contribution in [1.29, 1.82) is 0 Å². The number of ether oxygens (including phenoxy) is 1. The lowest BCUT2D eigenvalue weighted by Crippen LogP contribution is -2.40. The molecule has 33 heavy (non-hydrogen) atoms. The molecule has 12 heteroatoms. The molecule has 3 rings (SSSR count). The van der Waals surface area contributed by atoms with E-state index in [0.29, 0.717) is 5.56 Å². The van der Waals surface area contributed by atoms with Crippen LogP contribution in [0.25, 0.3) is 6.08 Å². The molecule has 1 aliphatic heterocycles. The molecule has 0 unspecified atom stereocenters. The van der Waals surface area contributed by atoms with Gasteiger partial charge in [-0.05, 0) is 42.0 Å². The maximum absolute atomic E-state index is 14.3. The number of carbonyl (C=O) groups is 1. The van der Waals surface area contributed by atoms with Crippen molar-refractivity contribution in [3.8, 4) is 0 Å². The first-order valence-electron chi connectivity index (χ1n) is 10.1. The van der Waals surface area contributed by atoms with Gasteiger partial charge in [-0.15, -0.1) is 0 Å². The van der Waals surface area contributed by atoms with E-state index in [0.717, 1.165) is 16.4 Å². The Morgan fingerprint density at radius 1 is 1.09 bits per heavy atom. The lowest BCUT2D eigenvalue weighted by Gasteiger charge is -2.26. The number of sulfonamides is 2. The number of hydrogen-bond donors (Lipinski definition) is 2. The number of nitrogens with zero attached hydrogens (tertiary/aromatic N) is 1. The van der Waals surface area contributed by atoms with Crippen molar-refractivity contribution in [2.75, 3.05) is 38.2 Å². The van der Waals surface area contributed by atoms with Crippen LogP contribution < -0.4 is 10.0 Å². The Labute approximate surface area is 192 Å². The second-order valence-corrected chi connectivity index (χ2v) is 10.7. The van der Waals surface area contributed by atoms with Gasteiger partial charge in [0.25, 0.3) is 0 Å². The van der Waals surface area contributed by atoms with Gasteiger partial charge in [0.05, 0.1) is 18.1 Å². The average molecular weight is 498 g/mol. The maximum atomic E-state index is 14.3. The molecule has 1 aliphatic rings. The zero-order valence-corrected chi connectivity index (χ0v) is 19.5. The van der Waals surface area contributed by atoms with Crippen LogP contribution in [0.15, 0.2) is 58.3 Å². The Bertz CT molecular complexity index is 1240. The van der Waals surface area contributed by atoms with E-state index in [4.69, 9.17) is 4.74 Å². The van der Waals surface area contributed by atoms with Gasteiger partial charge < -0.3 is 10.1 Å². The summed E-state index contributed by atoms with van der Waals surface area (Å²) in [6.07, 6.45) is 2.67. The number of morpholine rings is 1. The average Bonchev–Trinajstić information content (AvgIpc) is 2.80. The number of amides is 1. The third kappa shape index (κ3) is 6.24. The van der Waals surface area contributed by atoms with E-state index < -0.39 is 36.7 Å². The monoisotopic (exact) mass is 497 g/mol. The van der Waals surface area contributed by atoms with Crippen LogP contribution in [-0.2, 0) is 29.6 Å². The van der Waals surface area contributed by atoms with Crippen LogP contribution in [0.1, 0.15) is 12.5 Å². The van der Waals surface area contributed by atoms with Gasteiger partial charge in [0.15, 0.2) is 0 Å². The van der Waals surface area contributed by atoms with E-state index in [9.17, 15) is 26.0 Å². The second-order valence-electron chi connectivity index (χ2n) is 7.05. The number of nitrogens with one attached hydrogen (secondary N) is 2. The van der Waals surface area contributed by atoms with Crippen molar-refractivity contribution in [2.45, 2.75) is 16.7 Å². The fourth-order valence-corrected chi connectivity index (χ4v) is 5.63. The second kappa shape index (κ2) is 10.5. The highest BCUT2D eigenvalue weighted by atomic mass is 32.2. The van der Waals surface area contributed by atoms with Gasteiger partial charge in [0, 0.05) is 31.4 Å². The van der Waals surface area contributed by atoms with E-state index in [-0.39, 0.29) is 43.4 Å². The highest BCUT2D eigenvalue weighted by Gasteiger charge is 2.29. The third-order valence-electron chi connectivity index (χ3n) is 4.74. The topological polar surface area (TPSA) is 122 Å². The summed E-state index contributed by atoms with van der Waals surface area (Å²) in [5, 5.41) is 2.50. The van der Waals surface area contributed by atoms with Gasteiger partial charge in [-0.25, -0.2) is 25.9 Å². The molecule has 0 aliphatic carbocycles. The first-order valence-corrected chi connectivity index (χ1v) is 13.0. The zero-order valence-electron chi connectivity index (χ0n) is 17.8. The van der Waals surface area contributed by atoms with Gasteiger partial charge in [-0.2, -0.15) is 4.31 Å². The number of benzene rings is 2. The zero-order chi connectivity index (χ0) is 24.1. The predicted octanol–water partition coefficient (Wildman–Crippen LogP) is 1.80. The van der Waals surface area contributed by atoms with E-state index >= 15 is 0 Å². The first kappa shape index (κ1) is 25.0. The van der Waals surface area contributed by atoms with E-state index in [2.05, 4.69) is 10.0 Å². The quantitative estimate of drug-likeness (QED) is 0.537. The molecular weight excluding hydrogens is 473 g/mol. The minimum Gasteiger partial charge on any atom is -0.379 e. The molecule has 1 heterocycles. The van der Waals surface area contributed by atoms with Crippen LogP contribution in [0, 0.1) is 5.82 Å². The van der Waals surface area contributed by atoms with E-state index in [1.54, 1.807) is 19.1 Å². The molecule has 0 saturated carbocycles. The smallest absolute Gasteiger partial charge is 0.248 e. The van der Waals surface area contributed by atoms with Crippen LogP contribution >= 0.6 is 0 Å². The lowest BCUT2D eigenvalue weighted by molar-refractivity contribution is -0.111. The maximum Gasteiger partial charge on any atom is 0.248 e. The molecule has 0 radical (unpaired) electrons. The minimum absolute atomic E-state index is 0.103. The molecule has 2 aromatic carbocycles. The first-order chi connectivity index (χ1) is 15.6. The molecule has 9 nitrogen and oxygen atoms in total. The summed E-state index contributed by atoms with van der Waals surface area (Å²) < 4.78 is 72.4. The van der Waals surface area contributed by atoms with Crippen molar-refractivity contribution >= 4 is 37.7 Å². The Morgan fingerprint density at radius 3 is 2.39 bits per heavy atom. The van der Waals surface area contributed by atoms with Crippen molar-refractivity contribution in [3.63, 3.8) is 0 Å². The fraction of sp³-hybridized carbons (Fsp3) is 0.286. The molecular formula is C21H24FN3O6S2. The minimum atomic E-state index is -4.07. The Balaban J connectivity index is 1.70. The molecule has 2 aromatic rings. The Morgan fingerprint density at radius 2 is 1.76 bits per heavy atom. The van der Waals surface area contributed by atoms with Crippen molar-refractivity contribution in [2.24, 2.45) is 0 Å². The van der Waals surface area contributed by atoms with Crippen LogP contribution in [0.2, 0.25) is 0 Å². The summed E-state index contributed by atoms with van der Waals surface area (Å²) in [4.78, 5) is 11.8. The van der Waals surface area contributed by atoms with Gasteiger partial charge in [-0.3, -0.25) is 4.79 Å². The standard InChI is InChI=1S/C21H24FN3O6S2/c1-2-23-32(27,28)18-7-3-16(4-8-18)5-10-21(26)24-17-6-9-19(22)20(15-17)33(29,30)25-11-13-31-14-12-25/h3-10,15,23H,2,11-14H2,1H3,(H,24,26)/b10-5+. The van der Waals surface area contributed by atoms with Crippen LogP contribution in [0.3, 0.4) is 0 Å². The van der Waals surface area contributed by atoms with Crippen molar-refractivity contribution < 1.29 is 30.8 Å². The van der Waals surface area contributed by atoms with Gasteiger partial charge in [0.2, 0.25) is 26.0 Å². The SMILES string of the molecule is CCNS(=O)(=O)c1ccc(/C=C/C(=O)Nc2ccc(F)c(S(=O)(=O)N3CCOCC3)c2)cc1. The van der Waals surface area contributed by atoms with E-state index in [1.807, 2.05) is 0 Å². The Hall–Kier alpha value is -2.64. The number of carbonyl (C=O) groups excluding carboxylic acids is 1. The highest BCUT2D eigenvalue weighted by Crippen LogP contribution is 2.24. The highest BCUT2D eigenvalue weighted by molar-refractivity contribution is 7.89. The summed E-state index contributed by atoms with van der Waals surface area (Å²) in [7, 11) is -7.64. The normalized spacial score (nSPS) is 15.6. The number of rotatable bonds is 8. The predicted molar refractivity (Wildman–Crippen MR) is 121 cm³/mol. The molecule has 178 valence electrons. The molecule has 0 spiro atoms. The van der Waals surface area contributed by atoms with Crippen LogP contribution in [-0.4, -0.2) is 59.9 Å². The van der Waals surface area contributed by atoms with Gasteiger partial charge >= 0.3 is 0 Å². The number of anilines is 1. The molecule has 0 bridgehead atoms. The van der Waals surface area contributed by atoms with Gasteiger partial charge in [-0.1, -0.05) is 19.1 Å². The number of hydrogen-bond acceptors (Lipinski definition) is 6. The largest absolute Gasteiger partial charge is 0.379 e. The fourth-order valence-electron chi connectivity index (χ4n) is 3.09. The van der Waals surface area contributed by atoms with Gasteiger partial charge in [0.1, 0.15) is 10.7 Å². The molecule has 2 N–H and O–H groups in total. The van der Waals surface area contributed by atoms with E-state index in [1.165, 1.54) is 30.4 Å². The molecule has 0 aromatic heterocycles.